The predicted octanol–water partition coefficient (Wildman–Crippen LogP) is 2.48. The Hall–Kier alpha value is -1.77. The Morgan fingerprint density at radius 3 is 2.57 bits per heavy atom. The average molecular weight is 296 g/mol. The first-order valence-electron chi connectivity index (χ1n) is 7.26. The molecule has 6 heteroatoms. The van der Waals surface area contributed by atoms with Gasteiger partial charge >= 0.3 is 12.1 Å². The van der Waals surface area contributed by atoms with Crippen LogP contribution in [0.1, 0.15) is 47.0 Å². The third kappa shape index (κ3) is 4.62. The van der Waals surface area contributed by atoms with Crippen LogP contribution in [0.2, 0.25) is 0 Å². The van der Waals surface area contributed by atoms with Crippen LogP contribution in [-0.2, 0) is 14.3 Å². The first-order chi connectivity index (χ1) is 9.74. The Morgan fingerprint density at radius 2 is 2.05 bits per heavy atom. The molecule has 21 heavy (non-hydrogen) atoms. The quantitative estimate of drug-likeness (QED) is 0.747. The van der Waals surface area contributed by atoms with Crippen molar-refractivity contribution in [3.05, 3.63) is 0 Å². The molecule has 1 amide bonds. The first-order valence-corrected chi connectivity index (χ1v) is 7.26. The fourth-order valence-corrected chi connectivity index (χ4v) is 2.42. The average Bonchev–Trinajstić information content (AvgIpc) is 2.37. The van der Waals surface area contributed by atoms with E-state index in [1.165, 1.54) is 4.90 Å². The van der Waals surface area contributed by atoms with Crippen LogP contribution in [0.5, 0.6) is 0 Å². The van der Waals surface area contributed by atoms with E-state index in [2.05, 4.69) is 6.07 Å². The van der Waals surface area contributed by atoms with Crippen LogP contribution in [0.15, 0.2) is 0 Å². The Balaban J connectivity index is 2.91. The van der Waals surface area contributed by atoms with Crippen LogP contribution < -0.4 is 0 Å². The number of ether oxygens (including phenoxy) is 2. The number of carbonyl (C=O) groups is 2. The molecule has 0 N–H and O–H groups in total. The number of carbonyl (C=O) groups excluding carboxylic acids is 2. The number of hydrogen-bond acceptors (Lipinski definition) is 5. The van der Waals surface area contributed by atoms with E-state index in [4.69, 9.17) is 14.7 Å². The Bertz CT molecular complexity index is 436. The zero-order valence-electron chi connectivity index (χ0n) is 13.3. The third-order valence-corrected chi connectivity index (χ3v) is 3.35. The van der Waals surface area contributed by atoms with E-state index >= 15 is 0 Å². The second-order valence-corrected chi connectivity index (χ2v) is 6.34. The molecule has 1 aliphatic heterocycles. The summed E-state index contributed by atoms with van der Waals surface area (Å²) in [5.41, 5.74) is -1.57. The van der Waals surface area contributed by atoms with Crippen molar-refractivity contribution in [3.8, 4) is 6.07 Å². The van der Waals surface area contributed by atoms with Gasteiger partial charge in [0.15, 0.2) is 0 Å². The second-order valence-electron chi connectivity index (χ2n) is 6.34. The molecular formula is C15H24N2O4. The number of likely N-dealkylation sites (tertiary alicyclic amines) is 1. The molecule has 0 saturated carbocycles. The fourth-order valence-electron chi connectivity index (χ4n) is 2.42. The molecule has 1 heterocycles. The normalized spacial score (nSPS) is 22.3. The predicted molar refractivity (Wildman–Crippen MR) is 76.3 cm³/mol. The minimum atomic E-state index is -0.951. The summed E-state index contributed by atoms with van der Waals surface area (Å²) in [5, 5.41) is 9.07. The summed E-state index contributed by atoms with van der Waals surface area (Å²) in [6.07, 6.45) is 0.797. The molecule has 0 aromatic carbocycles. The summed E-state index contributed by atoms with van der Waals surface area (Å²) >= 11 is 0. The maximum Gasteiger partial charge on any atom is 0.409 e. The highest BCUT2D eigenvalue weighted by Crippen LogP contribution is 2.36. The molecule has 1 aliphatic rings. The highest BCUT2D eigenvalue weighted by Gasteiger charge is 2.46. The highest BCUT2D eigenvalue weighted by molar-refractivity contribution is 5.79. The molecule has 1 unspecified atom stereocenters. The van der Waals surface area contributed by atoms with Crippen molar-refractivity contribution < 1.29 is 19.1 Å². The van der Waals surface area contributed by atoms with Crippen molar-refractivity contribution in [1.82, 2.24) is 4.90 Å². The minimum absolute atomic E-state index is 0.0395. The Morgan fingerprint density at radius 1 is 1.38 bits per heavy atom. The topological polar surface area (TPSA) is 79.6 Å². The van der Waals surface area contributed by atoms with Crippen molar-refractivity contribution >= 4 is 12.1 Å². The van der Waals surface area contributed by atoms with Gasteiger partial charge in [-0.2, -0.15) is 5.26 Å². The van der Waals surface area contributed by atoms with E-state index in [1.54, 1.807) is 27.7 Å². The molecule has 1 saturated heterocycles. The number of esters is 1. The van der Waals surface area contributed by atoms with E-state index < -0.39 is 23.1 Å². The number of amides is 1. The summed E-state index contributed by atoms with van der Waals surface area (Å²) in [4.78, 5) is 25.9. The van der Waals surface area contributed by atoms with Crippen LogP contribution >= 0.6 is 0 Å². The summed E-state index contributed by atoms with van der Waals surface area (Å²) < 4.78 is 10.4. The van der Waals surface area contributed by atoms with Gasteiger partial charge < -0.3 is 14.4 Å². The zero-order chi connectivity index (χ0) is 16.1. The third-order valence-electron chi connectivity index (χ3n) is 3.35. The molecular weight excluding hydrogens is 272 g/mol. The molecule has 0 radical (unpaired) electrons. The molecule has 118 valence electrons. The van der Waals surface area contributed by atoms with Gasteiger partial charge in [-0.15, -0.1) is 0 Å². The molecule has 1 atom stereocenters. The van der Waals surface area contributed by atoms with E-state index in [0.29, 0.717) is 19.4 Å². The lowest BCUT2D eigenvalue weighted by atomic mass is 9.77. The number of piperidine rings is 1. The van der Waals surface area contributed by atoms with Crippen LogP contribution in [0.4, 0.5) is 4.79 Å². The Labute approximate surface area is 126 Å². The monoisotopic (exact) mass is 296 g/mol. The number of rotatable bonds is 3. The van der Waals surface area contributed by atoms with Gasteiger partial charge in [0, 0.05) is 13.1 Å². The molecule has 0 aromatic rings. The lowest BCUT2D eigenvalue weighted by Crippen LogP contribution is -2.51. The lowest BCUT2D eigenvalue weighted by molar-refractivity contribution is -0.170. The number of hydrogen-bond donors (Lipinski definition) is 0. The molecule has 0 spiro atoms. The molecule has 0 bridgehead atoms. The number of nitrogens with zero attached hydrogens (tertiary/aromatic N) is 2. The van der Waals surface area contributed by atoms with Crippen LogP contribution in [0.25, 0.3) is 0 Å². The van der Waals surface area contributed by atoms with Crippen molar-refractivity contribution in [2.45, 2.75) is 52.6 Å². The maximum atomic E-state index is 12.5. The van der Waals surface area contributed by atoms with Crippen LogP contribution in [0, 0.1) is 16.7 Å². The summed E-state index contributed by atoms with van der Waals surface area (Å²) in [6, 6.07) is 2.06. The molecule has 0 aliphatic carbocycles. The van der Waals surface area contributed by atoms with Gasteiger partial charge in [0.1, 0.15) is 5.60 Å². The smallest absolute Gasteiger partial charge is 0.409 e. The second kappa shape index (κ2) is 6.79. The van der Waals surface area contributed by atoms with Gasteiger partial charge in [-0.1, -0.05) is 0 Å². The van der Waals surface area contributed by atoms with Crippen LogP contribution in [0.3, 0.4) is 0 Å². The van der Waals surface area contributed by atoms with Crippen molar-refractivity contribution in [3.63, 3.8) is 0 Å². The van der Waals surface area contributed by atoms with E-state index in [0.717, 1.165) is 0 Å². The van der Waals surface area contributed by atoms with Gasteiger partial charge in [0.2, 0.25) is 0 Å². The Kier molecular flexibility index (Phi) is 5.59. The summed E-state index contributed by atoms with van der Waals surface area (Å²) in [5.74, 6) is -0.412. The molecule has 1 rings (SSSR count). The van der Waals surface area contributed by atoms with Crippen LogP contribution in [-0.4, -0.2) is 42.3 Å². The number of nitriles is 1. The van der Waals surface area contributed by atoms with E-state index in [1.807, 2.05) is 0 Å². The molecule has 6 nitrogen and oxygen atoms in total. The van der Waals surface area contributed by atoms with Gasteiger partial charge in [-0.3, -0.25) is 4.79 Å². The highest BCUT2D eigenvalue weighted by atomic mass is 16.6. The summed E-state index contributed by atoms with van der Waals surface area (Å²) in [7, 11) is 0. The largest absolute Gasteiger partial charge is 0.459 e. The standard InChI is InChI=1S/C15H24N2O4/c1-5-20-13(19)17-10-6-7-15(11-17,8-9-16)12(18)21-14(2,3)4/h5-8,10-11H2,1-4H3. The van der Waals surface area contributed by atoms with Crippen molar-refractivity contribution in [2.75, 3.05) is 19.7 Å². The first kappa shape index (κ1) is 17.3. The van der Waals surface area contributed by atoms with Crippen molar-refractivity contribution in [1.29, 1.82) is 5.26 Å². The maximum absolute atomic E-state index is 12.5. The molecule has 1 fully saturated rings. The lowest BCUT2D eigenvalue weighted by Gasteiger charge is -2.40. The van der Waals surface area contributed by atoms with E-state index in [9.17, 15) is 9.59 Å². The SMILES string of the molecule is CCOC(=O)N1CCCC(CC#N)(C(=O)OC(C)(C)C)C1. The van der Waals surface area contributed by atoms with E-state index in [-0.39, 0.29) is 19.6 Å². The van der Waals surface area contributed by atoms with Gasteiger partial charge in [-0.25, -0.2) is 4.79 Å². The molecule has 0 aromatic heterocycles. The van der Waals surface area contributed by atoms with Gasteiger partial charge in [0.25, 0.3) is 0 Å². The van der Waals surface area contributed by atoms with Gasteiger partial charge in [0.05, 0.1) is 24.5 Å². The fraction of sp³-hybridized carbons (Fsp3) is 0.800. The minimum Gasteiger partial charge on any atom is -0.459 e. The van der Waals surface area contributed by atoms with Crippen molar-refractivity contribution in [2.24, 2.45) is 5.41 Å². The zero-order valence-corrected chi connectivity index (χ0v) is 13.3. The summed E-state index contributed by atoms with van der Waals surface area (Å²) in [6.45, 7) is 8.10. The van der Waals surface area contributed by atoms with Gasteiger partial charge in [-0.05, 0) is 40.5 Å².